The summed E-state index contributed by atoms with van der Waals surface area (Å²) in [4.78, 5) is 6.08. The minimum absolute atomic E-state index is 0.456. The second-order valence-electron chi connectivity index (χ2n) is 3.68. The van der Waals surface area contributed by atoms with E-state index in [1.165, 1.54) is 0 Å². The molecule has 1 aliphatic rings. The van der Waals surface area contributed by atoms with Crippen LogP contribution in [-0.4, -0.2) is 19.0 Å². The van der Waals surface area contributed by atoms with Gasteiger partial charge in [0.2, 0.25) is 0 Å². The maximum Gasteiger partial charge on any atom is 0.138 e. The normalized spacial score (nSPS) is 13.7. The SMILES string of the molecule is C=CCOc1ccc(N2C=CC(C#N)=NC2)cc1. The molecule has 2 rings (SSSR count). The number of benzene rings is 1. The molecule has 0 atom stereocenters. The summed E-state index contributed by atoms with van der Waals surface area (Å²) in [6, 6.07) is 9.72. The smallest absolute Gasteiger partial charge is 0.138 e. The van der Waals surface area contributed by atoms with Crippen molar-refractivity contribution in [3.63, 3.8) is 0 Å². The Morgan fingerprint density at radius 2 is 2.22 bits per heavy atom. The Balaban J connectivity index is 2.03. The van der Waals surface area contributed by atoms with Gasteiger partial charge in [-0.05, 0) is 30.3 Å². The highest BCUT2D eigenvalue weighted by atomic mass is 16.5. The maximum atomic E-state index is 8.69. The molecule has 0 unspecified atom stereocenters. The van der Waals surface area contributed by atoms with Crippen LogP contribution in [0.1, 0.15) is 0 Å². The number of hydrogen-bond acceptors (Lipinski definition) is 4. The van der Waals surface area contributed by atoms with Crippen molar-refractivity contribution in [3.05, 3.63) is 49.2 Å². The van der Waals surface area contributed by atoms with E-state index in [2.05, 4.69) is 11.6 Å². The summed E-state index contributed by atoms with van der Waals surface area (Å²) in [5, 5.41) is 8.69. The zero-order chi connectivity index (χ0) is 12.8. The van der Waals surface area contributed by atoms with E-state index in [9.17, 15) is 0 Å². The molecular weight excluding hydrogens is 226 g/mol. The van der Waals surface area contributed by atoms with Crippen LogP contribution >= 0.6 is 0 Å². The lowest BCUT2D eigenvalue weighted by molar-refractivity contribution is 0.363. The average molecular weight is 239 g/mol. The van der Waals surface area contributed by atoms with Gasteiger partial charge in [0.25, 0.3) is 0 Å². The lowest BCUT2D eigenvalue weighted by atomic mass is 10.2. The molecule has 0 bridgehead atoms. The van der Waals surface area contributed by atoms with Gasteiger partial charge < -0.3 is 9.64 Å². The third-order valence-corrected chi connectivity index (χ3v) is 2.46. The van der Waals surface area contributed by atoms with Crippen LogP contribution in [0.15, 0.2) is 54.2 Å². The fourth-order valence-electron chi connectivity index (χ4n) is 1.54. The van der Waals surface area contributed by atoms with Gasteiger partial charge in [-0.3, -0.25) is 4.99 Å². The summed E-state index contributed by atoms with van der Waals surface area (Å²) < 4.78 is 5.41. The first kappa shape index (κ1) is 11.9. The summed E-state index contributed by atoms with van der Waals surface area (Å²) in [5.41, 5.74) is 1.47. The fraction of sp³-hybridized carbons (Fsp3) is 0.143. The summed E-state index contributed by atoms with van der Waals surface area (Å²) in [5.74, 6) is 0.806. The van der Waals surface area contributed by atoms with Crippen LogP contribution in [0.5, 0.6) is 5.75 Å². The van der Waals surface area contributed by atoms with Crippen LogP contribution in [-0.2, 0) is 0 Å². The highest BCUT2D eigenvalue weighted by Crippen LogP contribution is 2.20. The van der Waals surface area contributed by atoms with Crippen LogP contribution in [0.3, 0.4) is 0 Å². The average Bonchev–Trinajstić information content (AvgIpc) is 2.46. The van der Waals surface area contributed by atoms with Gasteiger partial charge in [0.05, 0.1) is 0 Å². The molecule has 0 amide bonds. The highest BCUT2D eigenvalue weighted by Gasteiger charge is 2.07. The van der Waals surface area contributed by atoms with Crippen molar-refractivity contribution in [1.29, 1.82) is 5.26 Å². The van der Waals surface area contributed by atoms with Crippen molar-refractivity contribution in [2.45, 2.75) is 0 Å². The highest BCUT2D eigenvalue weighted by molar-refractivity contribution is 6.07. The molecule has 0 aromatic heterocycles. The Morgan fingerprint density at radius 1 is 1.44 bits per heavy atom. The number of aliphatic imine (C=N–C) groups is 1. The predicted molar refractivity (Wildman–Crippen MR) is 71.7 cm³/mol. The van der Waals surface area contributed by atoms with Crippen molar-refractivity contribution >= 4 is 11.4 Å². The Kier molecular flexibility index (Phi) is 3.77. The summed E-state index contributed by atoms with van der Waals surface area (Å²) >= 11 is 0. The molecule has 1 aromatic carbocycles. The molecule has 0 fully saturated rings. The lowest BCUT2D eigenvalue weighted by Crippen LogP contribution is -2.20. The molecule has 0 saturated heterocycles. The van der Waals surface area contributed by atoms with E-state index in [-0.39, 0.29) is 0 Å². The van der Waals surface area contributed by atoms with E-state index >= 15 is 0 Å². The Morgan fingerprint density at radius 3 is 2.78 bits per heavy atom. The zero-order valence-corrected chi connectivity index (χ0v) is 9.91. The molecule has 18 heavy (non-hydrogen) atoms. The van der Waals surface area contributed by atoms with E-state index in [0.29, 0.717) is 19.0 Å². The van der Waals surface area contributed by atoms with Crippen molar-refractivity contribution in [1.82, 2.24) is 0 Å². The number of ether oxygens (including phenoxy) is 1. The molecule has 0 saturated carbocycles. The molecule has 0 spiro atoms. The first-order valence-electron chi connectivity index (χ1n) is 5.56. The molecule has 0 radical (unpaired) electrons. The van der Waals surface area contributed by atoms with Crippen molar-refractivity contribution in [3.8, 4) is 11.8 Å². The predicted octanol–water partition coefficient (Wildman–Crippen LogP) is 2.51. The number of hydrogen-bond donors (Lipinski definition) is 0. The summed E-state index contributed by atoms with van der Waals surface area (Å²) in [6.45, 7) is 4.56. The minimum Gasteiger partial charge on any atom is -0.490 e. The number of nitrogens with zero attached hydrogens (tertiary/aromatic N) is 3. The second-order valence-corrected chi connectivity index (χ2v) is 3.68. The number of nitriles is 1. The van der Waals surface area contributed by atoms with Gasteiger partial charge >= 0.3 is 0 Å². The van der Waals surface area contributed by atoms with Gasteiger partial charge in [-0.25, -0.2) is 0 Å². The van der Waals surface area contributed by atoms with E-state index < -0.39 is 0 Å². The lowest BCUT2D eigenvalue weighted by Gasteiger charge is -2.20. The van der Waals surface area contributed by atoms with Crippen LogP contribution in [0.25, 0.3) is 0 Å². The maximum absolute atomic E-state index is 8.69. The second kappa shape index (κ2) is 5.69. The largest absolute Gasteiger partial charge is 0.490 e. The number of allylic oxidation sites excluding steroid dienone is 1. The molecule has 1 aliphatic heterocycles. The molecule has 1 heterocycles. The van der Waals surface area contributed by atoms with E-state index in [1.54, 1.807) is 12.2 Å². The van der Waals surface area contributed by atoms with Crippen LogP contribution in [0, 0.1) is 11.3 Å². The quantitative estimate of drug-likeness (QED) is 0.758. The van der Waals surface area contributed by atoms with Gasteiger partial charge in [-0.15, -0.1) is 0 Å². The fourth-order valence-corrected chi connectivity index (χ4v) is 1.54. The molecule has 0 N–H and O–H groups in total. The zero-order valence-electron chi connectivity index (χ0n) is 9.91. The minimum atomic E-state index is 0.456. The summed E-state index contributed by atoms with van der Waals surface area (Å²) in [6.07, 6.45) is 5.26. The van der Waals surface area contributed by atoms with Crippen molar-refractivity contribution in [2.75, 3.05) is 18.2 Å². The Hall–Kier alpha value is -2.54. The summed E-state index contributed by atoms with van der Waals surface area (Å²) in [7, 11) is 0. The first-order chi connectivity index (χ1) is 8.83. The van der Waals surface area contributed by atoms with Crippen LogP contribution in [0.2, 0.25) is 0 Å². The van der Waals surface area contributed by atoms with Gasteiger partial charge in [-0.2, -0.15) is 5.26 Å². The van der Waals surface area contributed by atoms with Gasteiger partial charge in [-0.1, -0.05) is 12.7 Å². The van der Waals surface area contributed by atoms with Gasteiger partial charge in [0.1, 0.15) is 30.8 Å². The molecule has 90 valence electrons. The third kappa shape index (κ3) is 2.77. The first-order valence-corrected chi connectivity index (χ1v) is 5.56. The molecule has 4 heteroatoms. The van der Waals surface area contributed by atoms with Gasteiger partial charge in [0, 0.05) is 11.9 Å². The topological polar surface area (TPSA) is 48.6 Å². The Bertz CT molecular complexity index is 523. The van der Waals surface area contributed by atoms with Crippen molar-refractivity contribution < 1.29 is 4.74 Å². The number of anilines is 1. The van der Waals surface area contributed by atoms with E-state index in [0.717, 1.165) is 11.4 Å². The molecule has 0 aliphatic carbocycles. The third-order valence-electron chi connectivity index (χ3n) is 2.46. The Labute approximate surface area is 106 Å². The van der Waals surface area contributed by atoms with E-state index in [1.807, 2.05) is 41.4 Å². The molecule has 1 aromatic rings. The standard InChI is InChI=1S/C14H13N3O/c1-2-9-18-14-5-3-13(4-6-14)17-8-7-12(10-15)16-11-17/h2-8H,1,9,11H2. The van der Waals surface area contributed by atoms with Crippen molar-refractivity contribution in [2.24, 2.45) is 4.99 Å². The molecule has 4 nitrogen and oxygen atoms in total. The van der Waals surface area contributed by atoms with E-state index in [4.69, 9.17) is 10.00 Å². The van der Waals surface area contributed by atoms with Crippen LogP contribution in [0.4, 0.5) is 5.69 Å². The number of rotatable bonds is 4. The monoisotopic (exact) mass is 239 g/mol. The van der Waals surface area contributed by atoms with Gasteiger partial charge in [0.15, 0.2) is 0 Å². The molecular formula is C14H13N3O. The van der Waals surface area contributed by atoms with Crippen LogP contribution < -0.4 is 9.64 Å².